The Bertz CT molecular complexity index is 929. The van der Waals surface area contributed by atoms with Gasteiger partial charge >= 0.3 is 0 Å². The molecule has 0 radical (unpaired) electrons. The summed E-state index contributed by atoms with van der Waals surface area (Å²) >= 11 is 1.48. The van der Waals surface area contributed by atoms with Crippen LogP contribution < -0.4 is 4.90 Å². The molecule has 3 heterocycles. The summed E-state index contributed by atoms with van der Waals surface area (Å²) in [5, 5.41) is 11.1. The second-order valence-electron chi connectivity index (χ2n) is 7.28. The Morgan fingerprint density at radius 1 is 1.31 bits per heavy atom. The average molecular weight is 365 g/mol. The number of hydrogen-bond donors (Lipinski definition) is 0. The molecule has 2 aromatic rings. The lowest BCUT2D eigenvalue weighted by Crippen LogP contribution is -2.33. The lowest BCUT2D eigenvalue weighted by molar-refractivity contribution is -0.117. The van der Waals surface area contributed by atoms with Gasteiger partial charge in [-0.1, -0.05) is 6.07 Å². The number of carbonyl (C=O) groups excluding carboxylic acids is 2. The van der Waals surface area contributed by atoms with E-state index in [0.717, 1.165) is 22.5 Å². The lowest BCUT2D eigenvalue weighted by atomic mass is 9.86. The number of nitriles is 1. The van der Waals surface area contributed by atoms with Crippen molar-refractivity contribution in [1.29, 1.82) is 5.26 Å². The smallest absolute Gasteiger partial charge is 0.263 e. The molecule has 26 heavy (non-hydrogen) atoms. The van der Waals surface area contributed by atoms with Crippen LogP contribution in [0, 0.1) is 23.7 Å². The van der Waals surface area contributed by atoms with Crippen LogP contribution in [0.5, 0.6) is 0 Å². The number of likely N-dealkylation sites (tertiary alicyclic amines) is 1. The van der Waals surface area contributed by atoms with Gasteiger partial charge in [-0.15, -0.1) is 11.3 Å². The summed E-state index contributed by atoms with van der Waals surface area (Å²) < 4.78 is 0. The van der Waals surface area contributed by atoms with E-state index >= 15 is 0 Å². The van der Waals surface area contributed by atoms with Crippen LogP contribution in [-0.4, -0.2) is 36.3 Å². The number of carbonyl (C=O) groups is 2. The number of amides is 2. The molecule has 2 saturated heterocycles. The van der Waals surface area contributed by atoms with Gasteiger partial charge in [-0.2, -0.15) is 5.26 Å². The maximum atomic E-state index is 12.7. The molecule has 1 aromatic heterocycles. The van der Waals surface area contributed by atoms with Gasteiger partial charge in [-0.3, -0.25) is 9.59 Å². The first-order chi connectivity index (χ1) is 12.5. The van der Waals surface area contributed by atoms with E-state index in [1.165, 1.54) is 11.3 Å². The van der Waals surface area contributed by atoms with Crippen LogP contribution in [0.15, 0.2) is 35.7 Å². The van der Waals surface area contributed by atoms with Crippen LogP contribution in [0.2, 0.25) is 0 Å². The van der Waals surface area contributed by atoms with E-state index in [-0.39, 0.29) is 17.2 Å². The average Bonchev–Trinajstić information content (AvgIpc) is 3.34. The standard InChI is InChI=1S/C20H19N3O2S/c1-14-7-17(26-11-14)19(25)22-6-5-20(12-22)9-18(24)23(13-20)16-4-2-3-15(8-16)10-21/h2-4,7-8,11H,5-6,9,12-13H2,1H3. The molecule has 5 nitrogen and oxygen atoms in total. The number of aryl methyl sites for hydroxylation is 1. The molecule has 132 valence electrons. The van der Waals surface area contributed by atoms with Crippen molar-refractivity contribution in [3.8, 4) is 6.07 Å². The summed E-state index contributed by atoms with van der Waals surface area (Å²) in [6.07, 6.45) is 1.29. The molecule has 2 aliphatic rings. The van der Waals surface area contributed by atoms with E-state index in [2.05, 4.69) is 6.07 Å². The highest BCUT2D eigenvalue weighted by Crippen LogP contribution is 2.42. The third-order valence-electron chi connectivity index (χ3n) is 5.27. The van der Waals surface area contributed by atoms with Crippen LogP contribution in [0.4, 0.5) is 5.69 Å². The van der Waals surface area contributed by atoms with Crippen LogP contribution >= 0.6 is 11.3 Å². The lowest BCUT2D eigenvalue weighted by Gasteiger charge is -2.24. The number of nitrogens with zero attached hydrogens (tertiary/aromatic N) is 3. The van der Waals surface area contributed by atoms with Crippen LogP contribution in [0.25, 0.3) is 0 Å². The highest BCUT2D eigenvalue weighted by Gasteiger charge is 2.49. The summed E-state index contributed by atoms with van der Waals surface area (Å²) in [6, 6.07) is 11.2. The van der Waals surface area contributed by atoms with Gasteiger partial charge in [0, 0.05) is 37.2 Å². The van der Waals surface area contributed by atoms with E-state index in [0.29, 0.717) is 31.6 Å². The number of benzene rings is 1. The van der Waals surface area contributed by atoms with Crippen molar-refractivity contribution < 1.29 is 9.59 Å². The minimum atomic E-state index is -0.179. The van der Waals surface area contributed by atoms with Gasteiger partial charge in [-0.05, 0) is 48.6 Å². The molecule has 0 saturated carbocycles. The highest BCUT2D eigenvalue weighted by atomic mass is 32.1. The van der Waals surface area contributed by atoms with Crippen LogP contribution in [-0.2, 0) is 4.79 Å². The fourth-order valence-electron chi connectivity index (χ4n) is 3.96. The molecule has 2 aliphatic heterocycles. The Morgan fingerprint density at radius 2 is 2.15 bits per heavy atom. The molecule has 0 N–H and O–H groups in total. The van der Waals surface area contributed by atoms with E-state index in [1.807, 2.05) is 29.3 Å². The van der Waals surface area contributed by atoms with Crippen LogP contribution in [0.1, 0.15) is 33.6 Å². The van der Waals surface area contributed by atoms with Gasteiger partial charge < -0.3 is 9.80 Å². The predicted octanol–water partition coefficient (Wildman–Crippen LogP) is 3.20. The molecule has 2 amide bonds. The van der Waals surface area contributed by atoms with Crippen LogP contribution in [0.3, 0.4) is 0 Å². The molecule has 1 spiro atoms. The normalized spacial score (nSPS) is 22.2. The first-order valence-corrected chi connectivity index (χ1v) is 9.53. The molecule has 4 rings (SSSR count). The number of rotatable bonds is 2. The van der Waals surface area contributed by atoms with Gasteiger partial charge in [0.05, 0.1) is 16.5 Å². The quantitative estimate of drug-likeness (QED) is 0.821. The zero-order valence-electron chi connectivity index (χ0n) is 14.6. The highest BCUT2D eigenvalue weighted by molar-refractivity contribution is 7.12. The molecule has 1 unspecified atom stereocenters. The van der Waals surface area contributed by atoms with Crippen molar-refractivity contribution in [3.63, 3.8) is 0 Å². The number of thiophene rings is 1. The van der Waals surface area contributed by atoms with Crippen molar-refractivity contribution >= 4 is 28.8 Å². The SMILES string of the molecule is Cc1csc(C(=O)N2CCC3(CC(=O)N(c4cccc(C#N)c4)C3)C2)c1. The minimum absolute atomic E-state index is 0.0670. The third-order valence-corrected chi connectivity index (χ3v) is 6.31. The zero-order valence-corrected chi connectivity index (χ0v) is 15.4. The third kappa shape index (κ3) is 2.89. The molecule has 6 heteroatoms. The Hall–Kier alpha value is -2.65. The molecule has 2 fully saturated rings. The van der Waals surface area contributed by atoms with E-state index in [4.69, 9.17) is 5.26 Å². The van der Waals surface area contributed by atoms with Crippen molar-refractivity contribution in [2.45, 2.75) is 19.8 Å². The Labute approximate surface area is 156 Å². The second-order valence-corrected chi connectivity index (χ2v) is 8.20. The second kappa shape index (κ2) is 6.26. The first-order valence-electron chi connectivity index (χ1n) is 8.65. The fourth-order valence-corrected chi connectivity index (χ4v) is 4.82. The van der Waals surface area contributed by atoms with E-state index in [1.54, 1.807) is 23.1 Å². The molecule has 1 aromatic carbocycles. The largest absolute Gasteiger partial charge is 0.337 e. The first kappa shape index (κ1) is 16.8. The predicted molar refractivity (Wildman–Crippen MR) is 100 cm³/mol. The molecule has 0 bridgehead atoms. The van der Waals surface area contributed by atoms with Gasteiger partial charge in [0.2, 0.25) is 5.91 Å². The van der Waals surface area contributed by atoms with Gasteiger partial charge in [0.15, 0.2) is 0 Å². The summed E-state index contributed by atoms with van der Waals surface area (Å²) in [7, 11) is 0. The Balaban J connectivity index is 1.51. The van der Waals surface area contributed by atoms with E-state index < -0.39 is 0 Å². The molecular formula is C20H19N3O2S. The van der Waals surface area contributed by atoms with Gasteiger partial charge in [-0.25, -0.2) is 0 Å². The summed E-state index contributed by atoms with van der Waals surface area (Å²) in [6.45, 7) is 3.90. The van der Waals surface area contributed by atoms with E-state index in [9.17, 15) is 9.59 Å². The minimum Gasteiger partial charge on any atom is -0.337 e. The Kier molecular flexibility index (Phi) is 4.04. The number of hydrogen-bond acceptors (Lipinski definition) is 4. The van der Waals surface area contributed by atoms with Crippen molar-refractivity contribution in [2.75, 3.05) is 24.5 Å². The zero-order chi connectivity index (χ0) is 18.3. The molecular weight excluding hydrogens is 346 g/mol. The van der Waals surface area contributed by atoms with Crippen molar-refractivity contribution in [1.82, 2.24) is 4.90 Å². The van der Waals surface area contributed by atoms with Crippen molar-refractivity contribution in [3.05, 3.63) is 51.7 Å². The Morgan fingerprint density at radius 3 is 2.88 bits per heavy atom. The van der Waals surface area contributed by atoms with Crippen molar-refractivity contribution in [2.24, 2.45) is 5.41 Å². The monoisotopic (exact) mass is 365 g/mol. The maximum absolute atomic E-state index is 12.7. The molecule has 1 atom stereocenters. The van der Waals surface area contributed by atoms with Gasteiger partial charge in [0.25, 0.3) is 5.91 Å². The van der Waals surface area contributed by atoms with Gasteiger partial charge in [0.1, 0.15) is 0 Å². The fraction of sp³-hybridized carbons (Fsp3) is 0.350. The molecule has 0 aliphatic carbocycles. The summed E-state index contributed by atoms with van der Waals surface area (Å²) in [4.78, 5) is 29.8. The topological polar surface area (TPSA) is 64.4 Å². The maximum Gasteiger partial charge on any atom is 0.263 e. The summed E-state index contributed by atoms with van der Waals surface area (Å²) in [5.41, 5.74) is 2.24. The summed E-state index contributed by atoms with van der Waals surface area (Å²) in [5.74, 6) is 0.138. The number of anilines is 1.